The zero-order valence-electron chi connectivity index (χ0n) is 14.5. The maximum Gasteiger partial charge on any atom is 0.316 e. The molecule has 0 aliphatic carbocycles. The molecule has 0 bridgehead atoms. The van der Waals surface area contributed by atoms with Gasteiger partial charge < -0.3 is 9.64 Å². The highest BCUT2D eigenvalue weighted by Crippen LogP contribution is 2.28. The van der Waals surface area contributed by atoms with Gasteiger partial charge in [-0.3, -0.25) is 19.7 Å². The van der Waals surface area contributed by atoms with E-state index in [1.165, 1.54) is 29.2 Å². The molecule has 1 aliphatic rings. The first-order valence-corrected chi connectivity index (χ1v) is 8.19. The number of carbonyl (C=O) groups excluding carboxylic acids is 2. The maximum atomic E-state index is 12.5. The number of ether oxygens (including phenoxy) is 1. The van der Waals surface area contributed by atoms with E-state index in [0.717, 1.165) is 11.1 Å². The average Bonchev–Trinajstić information content (AvgIpc) is 3.00. The maximum absolute atomic E-state index is 12.5. The average molecular weight is 354 g/mol. The predicted octanol–water partition coefficient (Wildman–Crippen LogP) is 3.17. The molecule has 2 aromatic rings. The molecule has 2 aromatic carbocycles. The van der Waals surface area contributed by atoms with Crippen molar-refractivity contribution >= 4 is 23.3 Å². The topological polar surface area (TPSA) is 89.8 Å². The van der Waals surface area contributed by atoms with E-state index >= 15 is 0 Å². The van der Waals surface area contributed by atoms with Gasteiger partial charge in [0.05, 0.1) is 10.8 Å². The van der Waals surface area contributed by atoms with E-state index in [4.69, 9.17) is 4.74 Å². The Morgan fingerprint density at radius 3 is 2.54 bits per heavy atom. The number of nitro benzene ring substituents is 1. The number of non-ortho nitro benzene ring substituents is 1. The standard InChI is InChI=1S/C19H18N2O5/c1-12-3-4-13(2)17(9-12)26-19(23)14-10-18(22)20(11-14)15-5-7-16(8-6-15)21(24)25/h3-9,14H,10-11H2,1-2H3/t14-/m0/s1. The van der Waals surface area contributed by atoms with Gasteiger partial charge in [0.25, 0.3) is 5.69 Å². The number of carbonyl (C=O) groups is 2. The zero-order valence-corrected chi connectivity index (χ0v) is 14.5. The van der Waals surface area contributed by atoms with Gasteiger partial charge in [-0.1, -0.05) is 12.1 Å². The number of benzene rings is 2. The number of hydrogen-bond donors (Lipinski definition) is 0. The quantitative estimate of drug-likeness (QED) is 0.364. The largest absolute Gasteiger partial charge is 0.426 e. The van der Waals surface area contributed by atoms with Crippen LogP contribution in [0.4, 0.5) is 11.4 Å². The van der Waals surface area contributed by atoms with Crippen LogP contribution in [0.25, 0.3) is 0 Å². The summed E-state index contributed by atoms with van der Waals surface area (Å²) in [5.74, 6) is -0.730. The van der Waals surface area contributed by atoms with Crippen molar-refractivity contribution in [3.63, 3.8) is 0 Å². The highest BCUT2D eigenvalue weighted by molar-refractivity contribution is 5.99. The molecule has 0 spiro atoms. The SMILES string of the molecule is Cc1ccc(C)c(OC(=O)[C@H]2CC(=O)N(c3ccc([N+](=O)[O-])cc3)C2)c1. The third-order valence-corrected chi connectivity index (χ3v) is 4.38. The molecule has 7 heteroatoms. The number of amides is 1. The molecular formula is C19H18N2O5. The van der Waals surface area contributed by atoms with E-state index in [-0.39, 0.29) is 24.6 Å². The number of nitrogens with zero attached hydrogens (tertiary/aromatic N) is 2. The van der Waals surface area contributed by atoms with Crippen LogP contribution < -0.4 is 9.64 Å². The van der Waals surface area contributed by atoms with E-state index in [2.05, 4.69) is 0 Å². The van der Waals surface area contributed by atoms with Crippen LogP contribution in [-0.4, -0.2) is 23.3 Å². The summed E-state index contributed by atoms with van der Waals surface area (Å²) in [6, 6.07) is 11.3. The van der Waals surface area contributed by atoms with Gasteiger partial charge >= 0.3 is 5.97 Å². The summed E-state index contributed by atoms with van der Waals surface area (Å²) < 4.78 is 5.49. The molecule has 1 amide bonds. The monoisotopic (exact) mass is 354 g/mol. The lowest BCUT2D eigenvalue weighted by Crippen LogP contribution is -2.27. The Bertz CT molecular complexity index is 876. The summed E-state index contributed by atoms with van der Waals surface area (Å²) in [4.78, 5) is 36.4. The minimum Gasteiger partial charge on any atom is -0.426 e. The number of nitro groups is 1. The minimum absolute atomic E-state index is 0.0497. The molecule has 7 nitrogen and oxygen atoms in total. The van der Waals surface area contributed by atoms with E-state index in [9.17, 15) is 19.7 Å². The van der Waals surface area contributed by atoms with Crippen LogP contribution >= 0.6 is 0 Å². The Kier molecular flexibility index (Phi) is 4.71. The molecule has 0 radical (unpaired) electrons. The fourth-order valence-electron chi connectivity index (χ4n) is 2.88. The summed E-state index contributed by atoms with van der Waals surface area (Å²) in [5.41, 5.74) is 2.31. The summed E-state index contributed by atoms with van der Waals surface area (Å²) in [7, 11) is 0. The molecule has 1 heterocycles. The second kappa shape index (κ2) is 6.95. The predicted molar refractivity (Wildman–Crippen MR) is 95.1 cm³/mol. The van der Waals surface area contributed by atoms with E-state index < -0.39 is 16.8 Å². The van der Waals surface area contributed by atoms with Crippen molar-refractivity contribution in [2.24, 2.45) is 5.92 Å². The second-order valence-electron chi connectivity index (χ2n) is 6.37. The molecule has 1 fully saturated rings. The summed E-state index contributed by atoms with van der Waals surface area (Å²) in [5, 5.41) is 10.7. The lowest BCUT2D eigenvalue weighted by molar-refractivity contribution is -0.384. The first kappa shape index (κ1) is 17.6. The van der Waals surface area contributed by atoms with Gasteiger partial charge in [-0.2, -0.15) is 0 Å². The molecule has 134 valence electrons. The Morgan fingerprint density at radius 2 is 1.88 bits per heavy atom. The fraction of sp³-hybridized carbons (Fsp3) is 0.263. The fourth-order valence-corrected chi connectivity index (χ4v) is 2.88. The minimum atomic E-state index is -0.572. The number of aryl methyl sites for hydroxylation is 2. The van der Waals surface area contributed by atoms with Gasteiger partial charge in [-0.05, 0) is 43.2 Å². The van der Waals surface area contributed by atoms with Crippen LogP contribution in [0.1, 0.15) is 17.5 Å². The van der Waals surface area contributed by atoms with E-state index in [0.29, 0.717) is 11.4 Å². The van der Waals surface area contributed by atoms with Crippen LogP contribution in [0.3, 0.4) is 0 Å². The van der Waals surface area contributed by atoms with Gasteiger partial charge in [-0.15, -0.1) is 0 Å². The van der Waals surface area contributed by atoms with Crippen molar-refractivity contribution in [1.82, 2.24) is 0 Å². The molecular weight excluding hydrogens is 336 g/mol. The molecule has 1 atom stereocenters. The van der Waals surface area contributed by atoms with Crippen molar-refractivity contribution in [2.75, 3.05) is 11.4 Å². The zero-order chi connectivity index (χ0) is 18.8. The van der Waals surface area contributed by atoms with Gasteiger partial charge in [0.1, 0.15) is 5.75 Å². The van der Waals surface area contributed by atoms with Crippen molar-refractivity contribution < 1.29 is 19.2 Å². The van der Waals surface area contributed by atoms with Crippen LogP contribution in [0.2, 0.25) is 0 Å². The number of anilines is 1. The Morgan fingerprint density at radius 1 is 1.19 bits per heavy atom. The number of esters is 1. The lowest BCUT2D eigenvalue weighted by atomic mass is 10.1. The summed E-state index contributed by atoms with van der Waals surface area (Å²) in [6.07, 6.45) is 0.0562. The first-order valence-electron chi connectivity index (χ1n) is 8.19. The van der Waals surface area contributed by atoms with Gasteiger partial charge in [0.15, 0.2) is 0 Å². The highest BCUT2D eigenvalue weighted by atomic mass is 16.6. The molecule has 0 unspecified atom stereocenters. The molecule has 0 saturated carbocycles. The molecule has 26 heavy (non-hydrogen) atoms. The summed E-state index contributed by atoms with van der Waals surface area (Å²) >= 11 is 0. The number of rotatable bonds is 4. The Labute approximate surface area is 150 Å². The molecule has 0 aromatic heterocycles. The van der Waals surface area contributed by atoms with Crippen LogP contribution in [0, 0.1) is 29.9 Å². The van der Waals surface area contributed by atoms with Crippen LogP contribution in [0.5, 0.6) is 5.75 Å². The van der Waals surface area contributed by atoms with Gasteiger partial charge in [0.2, 0.25) is 5.91 Å². The van der Waals surface area contributed by atoms with Crippen LogP contribution in [-0.2, 0) is 9.59 Å². The van der Waals surface area contributed by atoms with Crippen molar-refractivity contribution in [2.45, 2.75) is 20.3 Å². The highest BCUT2D eigenvalue weighted by Gasteiger charge is 2.36. The molecule has 1 aliphatic heterocycles. The van der Waals surface area contributed by atoms with Crippen molar-refractivity contribution in [3.05, 3.63) is 63.7 Å². The van der Waals surface area contributed by atoms with Crippen molar-refractivity contribution in [1.29, 1.82) is 0 Å². The van der Waals surface area contributed by atoms with Crippen molar-refractivity contribution in [3.8, 4) is 5.75 Å². The third kappa shape index (κ3) is 3.56. The Hall–Kier alpha value is -3.22. The first-order chi connectivity index (χ1) is 12.3. The van der Waals surface area contributed by atoms with Crippen LogP contribution in [0.15, 0.2) is 42.5 Å². The van der Waals surface area contributed by atoms with Gasteiger partial charge in [0, 0.05) is 30.8 Å². The molecule has 1 saturated heterocycles. The smallest absolute Gasteiger partial charge is 0.316 e. The molecule has 0 N–H and O–H groups in total. The van der Waals surface area contributed by atoms with E-state index in [1.54, 1.807) is 6.07 Å². The summed E-state index contributed by atoms with van der Waals surface area (Å²) in [6.45, 7) is 3.96. The normalized spacial score (nSPS) is 16.6. The van der Waals surface area contributed by atoms with Gasteiger partial charge in [-0.25, -0.2) is 0 Å². The number of hydrogen-bond acceptors (Lipinski definition) is 5. The second-order valence-corrected chi connectivity index (χ2v) is 6.37. The Balaban J connectivity index is 1.71. The third-order valence-electron chi connectivity index (χ3n) is 4.38. The molecule has 3 rings (SSSR count). The lowest BCUT2D eigenvalue weighted by Gasteiger charge is -2.16. The van der Waals surface area contributed by atoms with E-state index in [1.807, 2.05) is 26.0 Å².